The molecule has 0 aromatic heterocycles. The van der Waals surface area contributed by atoms with Crippen LogP contribution in [0.4, 0.5) is 11.4 Å². The number of anilines is 1. The molecule has 0 unspecified atom stereocenters. The van der Waals surface area contributed by atoms with Crippen LogP contribution >= 0.6 is 0 Å². The molecule has 5 nitrogen and oxygen atoms in total. The summed E-state index contributed by atoms with van der Waals surface area (Å²) in [6, 6.07) is 4.89. The van der Waals surface area contributed by atoms with Crippen molar-refractivity contribution in [3.05, 3.63) is 33.9 Å². The molecular formula is C12H18N2O3. The maximum Gasteiger partial charge on any atom is 0.269 e. The molecule has 1 rings (SSSR count). The van der Waals surface area contributed by atoms with Crippen molar-refractivity contribution >= 4 is 11.4 Å². The molecule has 0 radical (unpaired) electrons. The third kappa shape index (κ3) is 3.71. The van der Waals surface area contributed by atoms with Gasteiger partial charge in [0.15, 0.2) is 0 Å². The van der Waals surface area contributed by atoms with Crippen molar-refractivity contribution in [2.24, 2.45) is 0 Å². The summed E-state index contributed by atoms with van der Waals surface area (Å²) in [6.45, 7) is 5.96. The van der Waals surface area contributed by atoms with E-state index in [-0.39, 0.29) is 10.6 Å². The molecule has 0 bridgehead atoms. The average Bonchev–Trinajstić information content (AvgIpc) is 2.28. The van der Waals surface area contributed by atoms with Crippen LogP contribution in [0.15, 0.2) is 18.2 Å². The minimum absolute atomic E-state index is 0.129. The lowest BCUT2D eigenvalue weighted by atomic mass is 10.1. The van der Waals surface area contributed by atoms with Crippen LogP contribution in [0.3, 0.4) is 0 Å². The molecule has 5 heteroatoms. The van der Waals surface area contributed by atoms with E-state index in [0.717, 1.165) is 17.8 Å². The van der Waals surface area contributed by atoms with E-state index >= 15 is 0 Å². The van der Waals surface area contributed by atoms with Gasteiger partial charge < -0.3 is 9.64 Å². The molecular weight excluding hydrogens is 220 g/mol. The minimum atomic E-state index is -0.378. The molecule has 0 aliphatic rings. The zero-order valence-electron chi connectivity index (χ0n) is 10.5. The number of hydrogen-bond acceptors (Lipinski definition) is 4. The lowest BCUT2D eigenvalue weighted by Gasteiger charge is -2.21. The average molecular weight is 238 g/mol. The Kier molecular flexibility index (Phi) is 4.90. The van der Waals surface area contributed by atoms with Crippen molar-refractivity contribution < 1.29 is 9.66 Å². The predicted octanol–water partition coefficient (Wildman–Crippen LogP) is 2.38. The second kappa shape index (κ2) is 6.20. The van der Waals surface area contributed by atoms with Crippen LogP contribution in [-0.4, -0.2) is 31.7 Å². The van der Waals surface area contributed by atoms with Crippen LogP contribution in [0.1, 0.15) is 12.5 Å². The van der Waals surface area contributed by atoms with E-state index in [9.17, 15) is 10.1 Å². The third-order valence-corrected chi connectivity index (χ3v) is 2.58. The number of nitro benzene ring substituents is 1. The van der Waals surface area contributed by atoms with Crippen LogP contribution < -0.4 is 4.90 Å². The molecule has 0 N–H and O–H groups in total. The summed E-state index contributed by atoms with van der Waals surface area (Å²) in [5.41, 5.74) is 2.03. The summed E-state index contributed by atoms with van der Waals surface area (Å²) in [6.07, 6.45) is 0. The van der Waals surface area contributed by atoms with E-state index in [2.05, 4.69) is 0 Å². The summed E-state index contributed by atoms with van der Waals surface area (Å²) in [5.74, 6) is 0. The number of aryl methyl sites for hydroxylation is 1. The number of non-ortho nitro benzene ring substituents is 1. The summed E-state index contributed by atoms with van der Waals surface area (Å²) in [5, 5.41) is 10.6. The quantitative estimate of drug-likeness (QED) is 0.434. The molecule has 0 aliphatic carbocycles. The lowest BCUT2D eigenvalue weighted by Crippen LogP contribution is -2.23. The van der Waals surface area contributed by atoms with Gasteiger partial charge in [0.05, 0.1) is 11.5 Å². The Morgan fingerprint density at radius 2 is 2.18 bits per heavy atom. The molecule has 0 amide bonds. The molecule has 0 heterocycles. The topological polar surface area (TPSA) is 55.6 Å². The first-order chi connectivity index (χ1) is 8.06. The van der Waals surface area contributed by atoms with Crippen molar-refractivity contribution in [3.8, 4) is 0 Å². The van der Waals surface area contributed by atoms with Gasteiger partial charge in [-0.25, -0.2) is 0 Å². The fourth-order valence-corrected chi connectivity index (χ4v) is 1.65. The van der Waals surface area contributed by atoms with Gasteiger partial charge in [0.1, 0.15) is 0 Å². The van der Waals surface area contributed by atoms with E-state index in [1.165, 1.54) is 6.07 Å². The summed E-state index contributed by atoms with van der Waals surface area (Å²) in [4.78, 5) is 12.3. The Labute approximate surface area is 101 Å². The molecule has 0 atom stereocenters. The lowest BCUT2D eigenvalue weighted by molar-refractivity contribution is -0.384. The monoisotopic (exact) mass is 238 g/mol. The Morgan fingerprint density at radius 1 is 1.47 bits per heavy atom. The highest BCUT2D eigenvalue weighted by Crippen LogP contribution is 2.23. The zero-order valence-corrected chi connectivity index (χ0v) is 10.5. The molecule has 0 aliphatic heterocycles. The van der Waals surface area contributed by atoms with E-state index in [1.807, 2.05) is 25.8 Å². The summed E-state index contributed by atoms with van der Waals surface area (Å²) < 4.78 is 5.28. The Hall–Kier alpha value is -1.62. The highest BCUT2D eigenvalue weighted by atomic mass is 16.6. The van der Waals surface area contributed by atoms with E-state index in [1.54, 1.807) is 12.1 Å². The van der Waals surface area contributed by atoms with Gasteiger partial charge >= 0.3 is 0 Å². The molecule has 0 saturated carbocycles. The SMILES string of the molecule is CCOCCN(C)c1ccc([N+](=O)[O-])cc1C. The predicted molar refractivity (Wildman–Crippen MR) is 67.6 cm³/mol. The van der Waals surface area contributed by atoms with Gasteiger partial charge in [-0.1, -0.05) is 0 Å². The number of nitro groups is 1. The summed E-state index contributed by atoms with van der Waals surface area (Å²) >= 11 is 0. The van der Waals surface area contributed by atoms with Gasteiger partial charge in [-0.15, -0.1) is 0 Å². The number of nitrogens with zero attached hydrogens (tertiary/aromatic N) is 2. The molecule has 1 aromatic rings. The van der Waals surface area contributed by atoms with Crippen molar-refractivity contribution in [3.63, 3.8) is 0 Å². The first-order valence-electron chi connectivity index (χ1n) is 5.60. The highest BCUT2D eigenvalue weighted by molar-refractivity contribution is 5.56. The molecule has 17 heavy (non-hydrogen) atoms. The fraction of sp³-hybridized carbons (Fsp3) is 0.500. The maximum atomic E-state index is 10.6. The normalized spacial score (nSPS) is 10.3. The van der Waals surface area contributed by atoms with Crippen molar-refractivity contribution in [2.75, 3.05) is 31.7 Å². The molecule has 0 spiro atoms. The van der Waals surface area contributed by atoms with Crippen LogP contribution in [0, 0.1) is 17.0 Å². The van der Waals surface area contributed by atoms with Crippen LogP contribution in [0.2, 0.25) is 0 Å². The maximum absolute atomic E-state index is 10.6. The van der Waals surface area contributed by atoms with E-state index < -0.39 is 0 Å². The summed E-state index contributed by atoms with van der Waals surface area (Å²) in [7, 11) is 1.95. The first-order valence-corrected chi connectivity index (χ1v) is 5.60. The van der Waals surface area contributed by atoms with Crippen molar-refractivity contribution in [1.29, 1.82) is 0 Å². The number of hydrogen-bond donors (Lipinski definition) is 0. The van der Waals surface area contributed by atoms with Crippen molar-refractivity contribution in [2.45, 2.75) is 13.8 Å². The molecule has 0 saturated heterocycles. The van der Waals surface area contributed by atoms with Crippen LogP contribution in [0.25, 0.3) is 0 Å². The molecule has 0 fully saturated rings. The van der Waals surface area contributed by atoms with E-state index in [4.69, 9.17) is 4.74 Å². The molecule has 1 aromatic carbocycles. The second-order valence-corrected chi connectivity index (χ2v) is 3.85. The van der Waals surface area contributed by atoms with E-state index in [0.29, 0.717) is 13.2 Å². The van der Waals surface area contributed by atoms with Gasteiger partial charge in [-0.05, 0) is 25.5 Å². The van der Waals surface area contributed by atoms with Crippen LogP contribution in [-0.2, 0) is 4.74 Å². The third-order valence-electron chi connectivity index (χ3n) is 2.58. The fourth-order valence-electron chi connectivity index (χ4n) is 1.65. The Bertz CT molecular complexity index is 393. The molecule has 94 valence electrons. The van der Waals surface area contributed by atoms with Gasteiger partial charge in [-0.2, -0.15) is 0 Å². The van der Waals surface area contributed by atoms with Gasteiger partial charge in [-0.3, -0.25) is 10.1 Å². The largest absolute Gasteiger partial charge is 0.380 e. The van der Waals surface area contributed by atoms with Crippen molar-refractivity contribution in [1.82, 2.24) is 0 Å². The number of ether oxygens (including phenoxy) is 1. The first kappa shape index (κ1) is 13.4. The smallest absolute Gasteiger partial charge is 0.269 e. The highest BCUT2D eigenvalue weighted by Gasteiger charge is 2.10. The van der Waals surface area contributed by atoms with Gasteiger partial charge in [0.25, 0.3) is 5.69 Å². The van der Waals surface area contributed by atoms with Gasteiger partial charge in [0.2, 0.25) is 0 Å². The Balaban J connectivity index is 2.74. The zero-order chi connectivity index (χ0) is 12.8. The minimum Gasteiger partial charge on any atom is -0.380 e. The number of rotatable bonds is 6. The van der Waals surface area contributed by atoms with Crippen LogP contribution in [0.5, 0.6) is 0 Å². The standard InChI is InChI=1S/C12H18N2O3/c1-4-17-8-7-13(3)12-6-5-11(14(15)16)9-10(12)2/h5-6,9H,4,7-8H2,1-3H3. The number of benzene rings is 1. The number of likely N-dealkylation sites (N-methyl/N-ethyl adjacent to an activating group) is 1. The Morgan fingerprint density at radius 3 is 2.71 bits per heavy atom. The second-order valence-electron chi connectivity index (χ2n) is 3.85. The van der Waals surface area contributed by atoms with Gasteiger partial charge in [0, 0.05) is 38.0 Å².